The third-order valence-electron chi connectivity index (χ3n) is 2.19. The first-order valence-corrected chi connectivity index (χ1v) is 5.09. The lowest BCUT2D eigenvalue weighted by Crippen LogP contribution is -2.15. The first kappa shape index (κ1) is 11.5. The minimum atomic E-state index is -0.398. The molecule has 0 spiro atoms. The van der Waals surface area contributed by atoms with Gasteiger partial charge in [-0.05, 0) is 19.4 Å². The molecular formula is C12H16N2O. The van der Waals surface area contributed by atoms with Crippen LogP contribution in [0.5, 0.6) is 5.75 Å². The van der Waals surface area contributed by atoms with Gasteiger partial charge >= 0.3 is 0 Å². The van der Waals surface area contributed by atoms with Crippen LogP contribution in [0.15, 0.2) is 24.3 Å². The van der Waals surface area contributed by atoms with E-state index in [-0.39, 0.29) is 6.04 Å². The second-order valence-corrected chi connectivity index (χ2v) is 3.47. The monoisotopic (exact) mass is 204 g/mol. The van der Waals surface area contributed by atoms with E-state index in [0.29, 0.717) is 12.2 Å². The summed E-state index contributed by atoms with van der Waals surface area (Å²) in [7, 11) is 0. The fourth-order valence-electron chi connectivity index (χ4n) is 1.32. The van der Waals surface area contributed by atoms with E-state index >= 15 is 0 Å². The highest BCUT2D eigenvalue weighted by atomic mass is 16.5. The second kappa shape index (κ2) is 5.38. The molecule has 0 aromatic heterocycles. The molecule has 0 aliphatic carbocycles. The van der Waals surface area contributed by atoms with Gasteiger partial charge in [-0.1, -0.05) is 25.1 Å². The molecule has 0 saturated heterocycles. The molecule has 2 N–H and O–H groups in total. The zero-order valence-electron chi connectivity index (χ0n) is 9.10. The number of hydrogen-bond donors (Lipinski definition) is 1. The minimum absolute atomic E-state index is 0.0857. The lowest BCUT2D eigenvalue weighted by atomic mass is 10.1. The average Bonchev–Trinajstić information content (AvgIpc) is 2.26. The Balaban J connectivity index is 2.89. The zero-order chi connectivity index (χ0) is 11.3. The molecule has 1 unspecified atom stereocenters. The first-order valence-electron chi connectivity index (χ1n) is 5.09. The summed E-state index contributed by atoms with van der Waals surface area (Å²) in [6.45, 7) is 3.82. The lowest BCUT2D eigenvalue weighted by Gasteiger charge is -2.16. The van der Waals surface area contributed by atoms with E-state index in [4.69, 9.17) is 15.7 Å². The van der Waals surface area contributed by atoms with Crippen LogP contribution in [-0.2, 0) is 0 Å². The van der Waals surface area contributed by atoms with Crippen molar-refractivity contribution in [3.8, 4) is 11.8 Å². The Morgan fingerprint density at radius 1 is 1.47 bits per heavy atom. The van der Waals surface area contributed by atoms with Gasteiger partial charge in [0, 0.05) is 11.6 Å². The smallest absolute Gasteiger partial charge is 0.184 e. The molecule has 15 heavy (non-hydrogen) atoms. The number of benzene rings is 1. The molecule has 2 atom stereocenters. The van der Waals surface area contributed by atoms with Crippen LogP contribution in [0.3, 0.4) is 0 Å². The van der Waals surface area contributed by atoms with E-state index in [0.717, 1.165) is 5.56 Å². The van der Waals surface area contributed by atoms with Crippen molar-refractivity contribution in [1.29, 1.82) is 5.26 Å². The number of hydrogen-bond acceptors (Lipinski definition) is 3. The summed E-state index contributed by atoms with van der Waals surface area (Å²) in [5.74, 6) is 0.709. The van der Waals surface area contributed by atoms with Gasteiger partial charge in [-0.15, -0.1) is 0 Å². The van der Waals surface area contributed by atoms with Crippen LogP contribution in [0.2, 0.25) is 0 Å². The Kier molecular flexibility index (Phi) is 4.14. The summed E-state index contributed by atoms with van der Waals surface area (Å²) in [5, 5.41) is 8.81. The molecule has 80 valence electrons. The van der Waals surface area contributed by atoms with E-state index in [2.05, 4.69) is 6.07 Å². The number of nitrogens with zero attached hydrogens (tertiary/aromatic N) is 1. The van der Waals surface area contributed by atoms with Crippen LogP contribution in [0.1, 0.15) is 31.9 Å². The number of rotatable bonds is 4. The Morgan fingerprint density at radius 2 is 2.13 bits per heavy atom. The fraction of sp³-hybridized carbons (Fsp3) is 0.417. The van der Waals surface area contributed by atoms with Gasteiger partial charge in [0.15, 0.2) is 6.10 Å². The van der Waals surface area contributed by atoms with Crippen molar-refractivity contribution in [3.63, 3.8) is 0 Å². The van der Waals surface area contributed by atoms with Crippen LogP contribution >= 0.6 is 0 Å². The average molecular weight is 204 g/mol. The van der Waals surface area contributed by atoms with Crippen LogP contribution in [0, 0.1) is 11.3 Å². The van der Waals surface area contributed by atoms with Crippen LogP contribution in [0.25, 0.3) is 0 Å². The summed E-state index contributed by atoms with van der Waals surface area (Å²) in [4.78, 5) is 0. The highest BCUT2D eigenvalue weighted by molar-refractivity contribution is 5.35. The Labute approximate surface area is 90.5 Å². The molecule has 1 aromatic rings. The van der Waals surface area contributed by atoms with E-state index in [1.54, 1.807) is 0 Å². The quantitative estimate of drug-likeness (QED) is 0.819. The molecule has 0 aliphatic rings. The van der Waals surface area contributed by atoms with Gasteiger partial charge in [-0.3, -0.25) is 0 Å². The van der Waals surface area contributed by atoms with Gasteiger partial charge in [0.25, 0.3) is 0 Å². The highest BCUT2D eigenvalue weighted by Gasteiger charge is 2.11. The van der Waals surface area contributed by atoms with Crippen molar-refractivity contribution in [2.24, 2.45) is 5.73 Å². The molecular weight excluding hydrogens is 188 g/mol. The summed E-state index contributed by atoms with van der Waals surface area (Å²) in [6, 6.07) is 9.58. The van der Waals surface area contributed by atoms with Gasteiger partial charge in [-0.25, -0.2) is 0 Å². The molecule has 1 aromatic carbocycles. The predicted molar refractivity (Wildman–Crippen MR) is 59.4 cm³/mol. The van der Waals surface area contributed by atoms with E-state index < -0.39 is 6.10 Å². The molecule has 1 rings (SSSR count). The van der Waals surface area contributed by atoms with Gasteiger partial charge in [0.1, 0.15) is 11.8 Å². The van der Waals surface area contributed by atoms with E-state index in [1.165, 1.54) is 0 Å². The van der Waals surface area contributed by atoms with Crippen LogP contribution < -0.4 is 10.5 Å². The van der Waals surface area contributed by atoms with E-state index in [9.17, 15) is 0 Å². The Bertz CT molecular complexity index is 355. The van der Waals surface area contributed by atoms with Gasteiger partial charge in [-0.2, -0.15) is 5.26 Å². The molecule has 0 bridgehead atoms. The zero-order valence-corrected chi connectivity index (χ0v) is 9.10. The maximum absolute atomic E-state index is 8.81. The van der Waals surface area contributed by atoms with Crippen molar-refractivity contribution in [3.05, 3.63) is 29.8 Å². The molecule has 3 nitrogen and oxygen atoms in total. The van der Waals surface area contributed by atoms with Crippen molar-refractivity contribution < 1.29 is 4.74 Å². The predicted octanol–water partition coefficient (Wildman–Crippen LogP) is 2.39. The van der Waals surface area contributed by atoms with Crippen molar-refractivity contribution in [1.82, 2.24) is 0 Å². The molecule has 0 fully saturated rings. The van der Waals surface area contributed by atoms with Crippen LogP contribution in [-0.4, -0.2) is 6.10 Å². The number of nitriles is 1. The third kappa shape index (κ3) is 2.97. The van der Waals surface area contributed by atoms with Crippen LogP contribution in [0.4, 0.5) is 0 Å². The molecule has 0 radical (unpaired) electrons. The normalized spacial score (nSPS) is 14.0. The van der Waals surface area contributed by atoms with Gasteiger partial charge in [0.05, 0.1) is 0 Å². The Hall–Kier alpha value is -1.53. The summed E-state index contributed by atoms with van der Waals surface area (Å²) in [5.41, 5.74) is 6.75. The van der Waals surface area contributed by atoms with Gasteiger partial charge < -0.3 is 10.5 Å². The number of nitrogens with two attached hydrogens (primary N) is 1. The van der Waals surface area contributed by atoms with Crippen molar-refractivity contribution >= 4 is 0 Å². The SMILES string of the molecule is CCC(C#N)Oc1ccccc1[C@H](C)N. The number of ether oxygens (including phenoxy) is 1. The third-order valence-corrected chi connectivity index (χ3v) is 2.19. The first-order chi connectivity index (χ1) is 7.19. The second-order valence-electron chi connectivity index (χ2n) is 3.47. The van der Waals surface area contributed by atoms with Crippen molar-refractivity contribution in [2.45, 2.75) is 32.4 Å². The largest absolute Gasteiger partial charge is 0.475 e. The Morgan fingerprint density at radius 3 is 2.67 bits per heavy atom. The summed E-state index contributed by atoms with van der Waals surface area (Å²) < 4.78 is 5.56. The lowest BCUT2D eigenvalue weighted by molar-refractivity contribution is 0.248. The van der Waals surface area contributed by atoms with Gasteiger partial charge in [0.2, 0.25) is 0 Å². The summed E-state index contributed by atoms with van der Waals surface area (Å²) in [6.07, 6.45) is 0.272. The number of para-hydroxylation sites is 1. The standard InChI is InChI=1S/C12H16N2O/c1-3-10(8-13)15-12-7-5-4-6-11(12)9(2)14/h4-7,9-10H,3,14H2,1-2H3/t9-,10?/m0/s1. The maximum atomic E-state index is 8.81. The van der Waals surface area contributed by atoms with Crippen molar-refractivity contribution in [2.75, 3.05) is 0 Å². The molecule has 0 saturated carbocycles. The molecule has 0 amide bonds. The summed E-state index contributed by atoms with van der Waals surface area (Å²) >= 11 is 0. The highest BCUT2D eigenvalue weighted by Crippen LogP contribution is 2.24. The minimum Gasteiger partial charge on any atom is -0.475 e. The maximum Gasteiger partial charge on any atom is 0.184 e. The molecule has 0 heterocycles. The molecule has 0 aliphatic heterocycles. The van der Waals surface area contributed by atoms with E-state index in [1.807, 2.05) is 38.1 Å². The fourth-order valence-corrected chi connectivity index (χ4v) is 1.32. The topological polar surface area (TPSA) is 59.0 Å². The molecule has 3 heteroatoms.